The Morgan fingerprint density at radius 1 is 1.04 bits per heavy atom. The van der Waals surface area contributed by atoms with Crippen LogP contribution in [0.15, 0.2) is 0 Å². The van der Waals surface area contributed by atoms with Crippen molar-refractivity contribution in [3.05, 3.63) is 0 Å². The fourth-order valence-corrected chi connectivity index (χ4v) is 4.44. The molecule has 0 unspecified atom stereocenters. The van der Waals surface area contributed by atoms with Gasteiger partial charge in [0.2, 0.25) is 5.91 Å². The maximum Gasteiger partial charge on any atom is 0.325 e. The molecule has 1 spiro atoms. The largest absolute Gasteiger partial charge is 0.351 e. The van der Waals surface area contributed by atoms with Crippen LogP contribution in [0.4, 0.5) is 4.79 Å². The van der Waals surface area contributed by atoms with Crippen molar-refractivity contribution in [3.8, 4) is 0 Å². The molecule has 2 N–H and O–H groups in total. The molecule has 0 radical (unpaired) electrons. The lowest BCUT2D eigenvalue weighted by Gasteiger charge is -2.30. The van der Waals surface area contributed by atoms with E-state index in [4.69, 9.17) is 0 Å². The Bertz CT molecular complexity index is 518. The van der Waals surface area contributed by atoms with Gasteiger partial charge in [0.1, 0.15) is 5.54 Å². The van der Waals surface area contributed by atoms with Crippen molar-refractivity contribution < 1.29 is 14.4 Å². The van der Waals surface area contributed by atoms with Crippen LogP contribution in [0.5, 0.6) is 0 Å². The summed E-state index contributed by atoms with van der Waals surface area (Å²) in [6.45, 7) is 2.28. The minimum Gasteiger partial charge on any atom is -0.351 e. The molecule has 6 heteroatoms. The van der Waals surface area contributed by atoms with Crippen molar-refractivity contribution in [1.82, 2.24) is 15.5 Å². The molecule has 1 heterocycles. The van der Waals surface area contributed by atoms with Crippen molar-refractivity contribution in [2.24, 2.45) is 0 Å². The Balaban J connectivity index is 1.52. The molecule has 134 valence electrons. The molecule has 0 aromatic heterocycles. The highest BCUT2D eigenvalue weighted by atomic mass is 16.2. The third kappa shape index (κ3) is 3.42. The number of amides is 4. The van der Waals surface area contributed by atoms with Crippen molar-refractivity contribution in [2.75, 3.05) is 6.54 Å². The molecule has 0 aromatic carbocycles. The highest BCUT2D eigenvalue weighted by molar-refractivity contribution is 6.07. The summed E-state index contributed by atoms with van der Waals surface area (Å²) in [7, 11) is 0. The normalized spacial score (nSPS) is 25.6. The molecular weight excluding hydrogens is 306 g/mol. The first kappa shape index (κ1) is 17.2. The van der Waals surface area contributed by atoms with Crippen LogP contribution in [0.2, 0.25) is 0 Å². The number of carbonyl (C=O) groups is 3. The first-order chi connectivity index (χ1) is 11.4. The van der Waals surface area contributed by atoms with Crippen LogP contribution in [0, 0.1) is 0 Å². The van der Waals surface area contributed by atoms with Crippen LogP contribution in [0.3, 0.4) is 0 Å². The number of carbonyl (C=O) groups excluding carboxylic acids is 3. The third-order valence-electron chi connectivity index (χ3n) is 5.91. The summed E-state index contributed by atoms with van der Waals surface area (Å²) >= 11 is 0. The highest BCUT2D eigenvalue weighted by Crippen LogP contribution is 2.35. The monoisotopic (exact) mass is 335 g/mol. The number of nitrogens with one attached hydrogen (secondary N) is 2. The Morgan fingerprint density at radius 2 is 1.62 bits per heavy atom. The van der Waals surface area contributed by atoms with Crippen LogP contribution in [-0.4, -0.2) is 40.4 Å². The van der Waals surface area contributed by atoms with Crippen molar-refractivity contribution in [3.63, 3.8) is 0 Å². The van der Waals surface area contributed by atoms with Gasteiger partial charge < -0.3 is 10.6 Å². The summed E-state index contributed by atoms with van der Waals surface area (Å²) in [4.78, 5) is 38.2. The topological polar surface area (TPSA) is 78.5 Å². The van der Waals surface area contributed by atoms with Crippen LogP contribution in [-0.2, 0) is 9.59 Å². The minimum absolute atomic E-state index is 0.0626. The first-order valence-corrected chi connectivity index (χ1v) is 9.39. The molecular formula is C18H29N3O3. The predicted molar refractivity (Wildman–Crippen MR) is 90.3 cm³/mol. The number of urea groups is 1. The van der Waals surface area contributed by atoms with E-state index in [9.17, 15) is 14.4 Å². The van der Waals surface area contributed by atoms with Crippen molar-refractivity contribution >= 4 is 17.8 Å². The van der Waals surface area contributed by atoms with E-state index >= 15 is 0 Å². The second-order valence-electron chi connectivity index (χ2n) is 7.95. The van der Waals surface area contributed by atoms with Gasteiger partial charge >= 0.3 is 6.03 Å². The lowest BCUT2D eigenvalue weighted by Crippen LogP contribution is -2.47. The van der Waals surface area contributed by atoms with Gasteiger partial charge in [-0.05, 0) is 32.6 Å². The average molecular weight is 335 g/mol. The van der Waals surface area contributed by atoms with Gasteiger partial charge in [0, 0.05) is 18.5 Å². The van der Waals surface area contributed by atoms with Crippen LogP contribution in [0.1, 0.15) is 77.6 Å². The van der Waals surface area contributed by atoms with Gasteiger partial charge in [-0.2, -0.15) is 0 Å². The van der Waals surface area contributed by atoms with Crippen molar-refractivity contribution in [2.45, 2.75) is 88.6 Å². The summed E-state index contributed by atoms with van der Waals surface area (Å²) < 4.78 is 0. The summed E-state index contributed by atoms with van der Waals surface area (Å²) in [6, 6.07) is -0.338. The third-order valence-corrected chi connectivity index (χ3v) is 5.91. The van der Waals surface area contributed by atoms with Crippen molar-refractivity contribution in [1.29, 1.82) is 0 Å². The molecule has 3 fully saturated rings. The number of imide groups is 1. The molecule has 3 aliphatic rings. The maximum absolute atomic E-state index is 12.6. The van der Waals surface area contributed by atoms with Gasteiger partial charge in [-0.15, -0.1) is 0 Å². The van der Waals surface area contributed by atoms with E-state index in [0.29, 0.717) is 0 Å². The Labute approximate surface area is 143 Å². The van der Waals surface area contributed by atoms with Crippen LogP contribution in [0.25, 0.3) is 0 Å². The molecule has 1 saturated heterocycles. The van der Waals surface area contributed by atoms with E-state index < -0.39 is 5.54 Å². The number of hydrogen-bond donors (Lipinski definition) is 2. The zero-order chi connectivity index (χ0) is 17.2. The summed E-state index contributed by atoms with van der Waals surface area (Å²) in [6.07, 6.45) is 10.3. The highest BCUT2D eigenvalue weighted by Gasteiger charge is 2.52. The minimum atomic E-state index is -0.680. The molecule has 24 heavy (non-hydrogen) atoms. The van der Waals surface area contributed by atoms with Gasteiger partial charge in [-0.3, -0.25) is 14.5 Å². The smallest absolute Gasteiger partial charge is 0.325 e. The number of nitrogens with zero attached hydrogens (tertiary/aromatic N) is 1. The van der Waals surface area contributed by atoms with Gasteiger partial charge in [-0.1, -0.05) is 38.5 Å². The van der Waals surface area contributed by atoms with E-state index in [-0.39, 0.29) is 36.3 Å². The fraction of sp³-hybridized carbons (Fsp3) is 0.833. The van der Waals surface area contributed by atoms with E-state index in [1.165, 1.54) is 17.7 Å². The molecule has 2 saturated carbocycles. The maximum atomic E-state index is 12.6. The number of hydrogen-bond acceptors (Lipinski definition) is 3. The lowest BCUT2D eigenvalue weighted by atomic mass is 9.92. The van der Waals surface area contributed by atoms with E-state index in [2.05, 4.69) is 17.6 Å². The van der Waals surface area contributed by atoms with E-state index in [1.807, 2.05) is 0 Å². The van der Waals surface area contributed by atoms with E-state index in [1.54, 1.807) is 0 Å². The van der Waals surface area contributed by atoms with E-state index in [0.717, 1.165) is 51.4 Å². The lowest BCUT2D eigenvalue weighted by molar-refractivity contribution is -0.131. The van der Waals surface area contributed by atoms with Gasteiger partial charge in [0.25, 0.3) is 5.91 Å². The Morgan fingerprint density at radius 3 is 2.25 bits per heavy atom. The second kappa shape index (κ2) is 6.73. The van der Waals surface area contributed by atoms with Gasteiger partial charge in [0.15, 0.2) is 0 Å². The Hall–Kier alpha value is -1.59. The molecule has 0 bridgehead atoms. The molecule has 0 aromatic rings. The fourth-order valence-electron chi connectivity index (χ4n) is 4.44. The van der Waals surface area contributed by atoms with Crippen LogP contribution < -0.4 is 10.6 Å². The summed E-state index contributed by atoms with van der Waals surface area (Å²) in [5.41, 5.74) is -0.821. The summed E-state index contributed by atoms with van der Waals surface area (Å²) in [5, 5.41) is 6.00. The molecule has 2 aliphatic carbocycles. The second-order valence-corrected chi connectivity index (χ2v) is 7.95. The summed E-state index contributed by atoms with van der Waals surface area (Å²) in [5.74, 6) is -0.203. The molecule has 4 amide bonds. The van der Waals surface area contributed by atoms with Crippen LogP contribution >= 0.6 is 0 Å². The average Bonchev–Trinajstić information content (AvgIpc) is 3.00. The first-order valence-electron chi connectivity index (χ1n) is 9.39. The van der Waals surface area contributed by atoms with Gasteiger partial charge in [0.05, 0.1) is 0 Å². The zero-order valence-electron chi connectivity index (χ0n) is 14.7. The number of rotatable bonds is 4. The zero-order valence-corrected chi connectivity index (χ0v) is 14.7. The SMILES string of the molecule is CC1(NC(=O)CCN2C(=O)NC3(CCCC3)C2=O)CCCCCC1. The molecule has 3 rings (SSSR count). The quantitative estimate of drug-likeness (QED) is 0.612. The van der Waals surface area contributed by atoms with Gasteiger partial charge in [-0.25, -0.2) is 4.79 Å². The molecule has 1 aliphatic heterocycles. The standard InChI is InChI=1S/C18H29N3O3/c1-17(9-4-2-3-5-10-17)19-14(22)8-13-21-15(23)18(20-16(21)24)11-6-7-12-18/h2-13H2,1H3,(H,19,22)(H,20,24). The predicted octanol–water partition coefficient (Wildman–Crippen LogP) is 2.47. The molecule has 6 nitrogen and oxygen atoms in total. The Kier molecular flexibility index (Phi) is 4.83. The molecule has 0 atom stereocenters.